The third kappa shape index (κ3) is 5.63. The van der Waals surface area contributed by atoms with E-state index in [4.69, 9.17) is 10.5 Å². The predicted molar refractivity (Wildman–Crippen MR) is 87.7 cm³/mol. The second-order valence-electron chi connectivity index (χ2n) is 5.35. The molecule has 0 bridgehead atoms. The van der Waals surface area contributed by atoms with Gasteiger partial charge in [-0.25, -0.2) is 0 Å². The first-order valence-corrected chi connectivity index (χ1v) is 7.41. The number of nitrogen functional groups attached to an aromatic ring is 1. The van der Waals surface area contributed by atoms with Crippen molar-refractivity contribution in [3.05, 3.63) is 18.2 Å². The van der Waals surface area contributed by atoms with Crippen LogP contribution < -0.4 is 15.8 Å². The number of anilines is 2. The zero-order valence-corrected chi connectivity index (χ0v) is 13.5. The highest BCUT2D eigenvalue weighted by Crippen LogP contribution is 2.26. The van der Waals surface area contributed by atoms with E-state index in [1.54, 1.807) is 25.3 Å². The molecule has 21 heavy (non-hydrogen) atoms. The number of rotatable bonds is 8. The fourth-order valence-corrected chi connectivity index (χ4v) is 2.06. The number of nitrogens with one attached hydrogen (secondary N) is 1. The Labute approximate surface area is 127 Å². The molecule has 0 aromatic heterocycles. The predicted octanol–water partition coefficient (Wildman–Crippen LogP) is 2.73. The van der Waals surface area contributed by atoms with Crippen molar-refractivity contribution in [2.45, 2.75) is 39.2 Å². The van der Waals surface area contributed by atoms with Crippen LogP contribution in [0.5, 0.6) is 5.75 Å². The molecule has 118 valence electrons. The van der Waals surface area contributed by atoms with E-state index in [0.29, 0.717) is 29.6 Å². The topological polar surface area (TPSA) is 67.6 Å². The standard InChI is InChI=1S/C16H27N3O2/c1-5-12(2)19(3)10-6-7-16(20)18-14-11-13(17)8-9-15(14)21-4/h8-9,11-12H,5-7,10,17H2,1-4H3,(H,18,20). The van der Waals surface area contributed by atoms with Gasteiger partial charge >= 0.3 is 0 Å². The summed E-state index contributed by atoms with van der Waals surface area (Å²) in [6.45, 7) is 5.27. The number of benzene rings is 1. The van der Waals surface area contributed by atoms with Gasteiger partial charge in [-0.15, -0.1) is 0 Å². The molecule has 0 heterocycles. The molecule has 0 aliphatic rings. The number of hydrogen-bond acceptors (Lipinski definition) is 4. The van der Waals surface area contributed by atoms with E-state index in [1.165, 1.54) is 0 Å². The number of ether oxygens (including phenoxy) is 1. The van der Waals surface area contributed by atoms with Gasteiger partial charge in [-0.2, -0.15) is 0 Å². The van der Waals surface area contributed by atoms with Gasteiger partial charge in [-0.3, -0.25) is 4.79 Å². The van der Waals surface area contributed by atoms with Crippen molar-refractivity contribution in [1.82, 2.24) is 4.90 Å². The summed E-state index contributed by atoms with van der Waals surface area (Å²) < 4.78 is 5.21. The maximum Gasteiger partial charge on any atom is 0.224 e. The number of hydrogen-bond donors (Lipinski definition) is 2. The molecule has 3 N–H and O–H groups in total. The SMILES string of the molecule is CCC(C)N(C)CCCC(=O)Nc1cc(N)ccc1OC. The molecule has 0 fully saturated rings. The minimum Gasteiger partial charge on any atom is -0.495 e. The molecular formula is C16H27N3O2. The molecule has 1 atom stereocenters. The van der Waals surface area contributed by atoms with Crippen LogP contribution >= 0.6 is 0 Å². The van der Waals surface area contributed by atoms with Gasteiger partial charge in [0, 0.05) is 18.2 Å². The fourth-order valence-electron chi connectivity index (χ4n) is 2.06. The van der Waals surface area contributed by atoms with E-state index in [-0.39, 0.29) is 5.91 Å². The van der Waals surface area contributed by atoms with Crippen molar-refractivity contribution in [2.24, 2.45) is 0 Å². The Morgan fingerprint density at radius 2 is 2.19 bits per heavy atom. The van der Waals surface area contributed by atoms with Gasteiger partial charge in [-0.05, 0) is 51.6 Å². The van der Waals surface area contributed by atoms with Crippen LogP contribution in [0.25, 0.3) is 0 Å². The van der Waals surface area contributed by atoms with Crippen LogP contribution in [0, 0.1) is 0 Å². The third-order valence-electron chi connectivity index (χ3n) is 3.76. The Morgan fingerprint density at radius 1 is 1.48 bits per heavy atom. The van der Waals surface area contributed by atoms with Gasteiger partial charge in [0.1, 0.15) is 5.75 Å². The average Bonchev–Trinajstić information content (AvgIpc) is 2.46. The number of carbonyl (C=O) groups excluding carboxylic acids is 1. The van der Waals surface area contributed by atoms with Crippen LogP contribution in [0.15, 0.2) is 18.2 Å². The average molecular weight is 293 g/mol. The summed E-state index contributed by atoms with van der Waals surface area (Å²) >= 11 is 0. The molecule has 1 aromatic rings. The molecule has 1 rings (SSSR count). The molecule has 1 aromatic carbocycles. The number of amides is 1. The Morgan fingerprint density at radius 3 is 2.81 bits per heavy atom. The Hall–Kier alpha value is -1.75. The second-order valence-corrected chi connectivity index (χ2v) is 5.35. The lowest BCUT2D eigenvalue weighted by molar-refractivity contribution is -0.116. The molecule has 1 amide bonds. The molecule has 0 radical (unpaired) electrons. The van der Waals surface area contributed by atoms with E-state index in [2.05, 4.69) is 31.1 Å². The van der Waals surface area contributed by atoms with Crippen molar-refractivity contribution < 1.29 is 9.53 Å². The van der Waals surface area contributed by atoms with Crippen molar-refractivity contribution >= 4 is 17.3 Å². The van der Waals surface area contributed by atoms with E-state index < -0.39 is 0 Å². The fraction of sp³-hybridized carbons (Fsp3) is 0.562. The first kappa shape index (κ1) is 17.3. The van der Waals surface area contributed by atoms with Crippen molar-refractivity contribution in [3.63, 3.8) is 0 Å². The molecule has 0 saturated heterocycles. The van der Waals surface area contributed by atoms with Crippen LogP contribution in [0.1, 0.15) is 33.1 Å². The first-order chi connectivity index (χ1) is 9.97. The van der Waals surface area contributed by atoms with Crippen LogP contribution in [0.3, 0.4) is 0 Å². The van der Waals surface area contributed by atoms with Gasteiger partial charge < -0.3 is 20.7 Å². The highest BCUT2D eigenvalue weighted by atomic mass is 16.5. The van der Waals surface area contributed by atoms with Gasteiger partial charge in [0.25, 0.3) is 0 Å². The lowest BCUT2D eigenvalue weighted by Gasteiger charge is -2.23. The number of nitrogens with zero attached hydrogens (tertiary/aromatic N) is 1. The zero-order valence-electron chi connectivity index (χ0n) is 13.5. The molecule has 0 aliphatic carbocycles. The summed E-state index contributed by atoms with van der Waals surface area (Å²) in [6, 6.07) is 5.75. The molecule has 5 heteroatoms. The Balaban J connectivity index is 2.46. The monoisotopic (exact) mass is 293 g/mol. The molecule has 0 spiro atoms. The van der Waals surface area contributed by atoms with Crippen molar-refractivity contribution in [3.8, 4) is 5.75 Å². The summed E-state index contributed by atoms with van der Waals surface area (Å²) in [4.78, 5) is 14.3. The van der Waals surface area contributed by atoms with E-state index in [0.717, 1.165) is 19.4 Å². The van der Waals surface area contributed by atoms with Crippen LogP contribution in [0.2, 0.25) is 0 Å². The van der Waals surface area contributed by atoms with Gasteiger partial charge in [0.2, 0.25) is 5.91 Å². The molecular weight excluding hydrogens is 266 g/mol. The summed E-state index contributed by atoms with van der Waals surface area (Å²) in [5, 5.41) is 2.86. The maximum absolute atomic E-state index is 12.0. The lowest BCUT2D eigenvalue weighted by Crippen LogP contribution is -2.29. The molecule has 0 aliphatic heterocycles. The maximum atomic E-state index is 12.0. The first-order valence-electron chi connectivity index (χ1n) is 7.41. The largest absolute Gasteiger partial charge is 0.495 e. The van der Waals surface area contributed by atoms with Gasteiger partial charge in [0.05, 0.1) is 12.8 Å². The number of nitrogens with two attached hydrogens (primary N) is 1. The summed E-state index contributed by atoms with van der Waals surface area (Å²) in [6.07, 6.45) is 2.43. The van der Waals surface area contributed by atoms with Gasteiger partial charge in [0.15, 0.2) is 0 Å². The van der Waals surface area contributed by atoms with Crippen LogP contribution in [-0.4, -0.2) is 37.6 Å². The molecule has 0 saturated carbocycles. The van der Waals surface area contributed by atoms with E-state index in [1.807, 2.05) is 0 Å². The Bertz CT molecular complexity index is 463. The van der Waals surface area contributed by atoms with Crippen LogP contribution in [0.4, 0.5) is 11.4 Å². The summed E-state index contributed by atoms with van der Waals surface area (Å²) in [7, 11) is 3.66. The zero-order chi connectivity index (χ0) is 15.8. The van der Waals surface area contributed by atoms with Gasteiger partial charge in [-0.1, -0.05) is 6.92 Å². The molecule has 5 nitrogen and oxygen atoms in total. The normalized spacial score (nSPS) is 12.2. The highest BCUT2D eigenvalue weighted by molar-refractivity contribution is 5.92. The van der Waals surface area contributed by atoms with Crippen LogP contribution in [-0.2, 0) is 4.79 Å². The lowest BCUT2D eigenvalue weighted by atomic mass is 10.2. The van der Waals surface area contributed by atoms with Crippen molar-refractivity contribution in [2.75, 3.05) is 31.8 Å². The second kappa shape index (κ2) is 8.52. The number of carbonyl (C=O) groups is 1. The minimum absolute atomic E-state index is 0.0172. The quantitative estimate of drug-likeness (QED) is 0.723. The summed E-state index contributed by atoms with van der Waals surface area (Å²) in [5.74, 6) is 0.603. The minimum atomic E-state index is -0.0172. The third-order valence-corrected chi connectivity index (χ3v) is 3.76. The molecule has 1 unspecified atom stereocenters. The van der Waals surface area contributed by atoms with E-state index in [9.17, 15) is 4.79 Å². The van der Waals surface area contributed by atoms with E-state index >= 15 is 0 Å². The smallest absolute Gasteiger partial charge is 0.224 e. The Kier molecular flexibility index (Phi) is 7.02. The highest BCUT2D eigenvalue weighted by Gasteiger charge is 2.10. The number of methoxy groups -OCH3 is 1. The summed E-state index contributed by atoms with van der Waals surface area (Å²) in [5.41, 5.74) is 6.96. The van der Waals surface area contributed by atoms with Crippen molar-refractivity contribution in [1.29, 1.82) is 0 Å².